The van der Waals surface area contributed by atoms with Gasteiger partial charge in [-0.3, -0.25) is 14.6 Å². The molecule has 0 radical (unpaired) electrons. The largest absolute Gasteiger partial charge is 0.351 e. The zero-order valence-electron chi connectivity index (χ0n) is 17.9. The lowest BCUT2D eigenvalue weighted by molar-refractivity contribution is 0.101. The fourth-order valence-corrected chi connectivity index (χ4v) is 3.85. The van der Waals surface area contributed by atoms with Crippen LogP contribution in [0, 0.1) is 0 Å². The topological polar surface area (TPSA) is 86.9 Å². The second kappa shape index (κ2) is 9.21. The number of benzene rings is 3. The van der Waals surface area contributed by atoms with Gasteiger partial charge in [-0.2, -0.15) is 0 Å². The number of halogens is 1. The van der Waals surface area contributed by atoms with Gasteiger partial charge in [0.25, 0.3) is 11.8 Å². The average Bonchev–Trinajstić information content (AvgIpc) is 3.29. The molecule has 0 atom stereocenters. The van der Waals surface area contributed by atoms with Crippen LogP contribution >= 0.6 is 11.6 Å². The number of nitrogens with one attached hydrogen (secondary N) is 3. The number of aromatic nitrogens is 2. The van der Waals surface area contributed by atoms with Gasteiger partial charge in [0.15, 0.2) is 0 Å². The third-order valence-electron chi connectivity index (χ3n) is 5.41. The summed E-state index contributed by atoms with van der Waals surface area (Å²) in [6.45, 7) is 0. The second-order valence-electron chi connectivity index (χ2n) is 7.68. The first-order valence-electron chi connectivity index (χ1n) is 10.6. The van der Waals surface area contributed by atoms with Crippen LogP contribution < -0.4 is 10.6 Å². The van der Waals surface area contributed by atoms with Crippen molar-refractivity contribution in [2.24, 2.45) is 0 Å². The van der Waals surface area contributed by atoms with Crippen molar-refractivity contribution in [1.29, 1.82) is 0 Å². The Bertz CT molecular complexity index is 1490. The summed E-state index contributed by atoms with van der Waals surface area (Å²) in [4.78, 5) is 32.8. The number of pyridine rings is 1. The van der Waals surface area contributed by atoms with Crippen molar-refractivity contribution in [2.75, 3.05) is 10.6 Å². The number of para-hydroxylation sites is 2. The van der Waals surface area contributed by atoms with Gasteiger partial charge >= 0.3 is 0 Å². The van der Waals surface area contributed by atoms with E-state index < -0.39 is 0 Å². The zero-order valence-corrected chi connectivity index (χ0v) is 18.6. The van der Waals surface area contributed by atoms with E-state index in [0.29, 0.717) is 27.7 Å². The molecule has 2 aromatic heterocycles. The smallest absolute Gasteiger partial charge is 0.272 e. The Balaban J connectivity index is 1.32. The molecule has 0 fully saturated rings. The number of carbonyl (C=O) groups excluding carboxylic acids is 2. The molecule has 5 rings (SSSR count). The number of anilines is 2. The van der Waals surface area contributed by atoms with Crippen LogP contribution in [-0.2, 0) is 0 Å². The summed E-state index contributed by atoms with van der Waals surface area (Å²) in [7, 11) is 0. The molecule has 0 spiro atoms. The van der Waals surface area contributed by atoms with Crippen molar-refractivity contribution in [3.05, 3.63) is 114 Å². The Morgan fingerprint density at radius 2 is 1.38 bits per heavy atom. The van der Waals surface area contributed by atoms with E-state index in [1.165, 1.54) is 0 Å². The fourth-order valence-electron chi connectivity index (χ4n) is 3.67. The quantitative estimate of drug-likeness (QED) is 0.280. The summed E-state index contributed by atoms with van der Waals surface area (Å²) in [5, 5.41) is 7.19. The monoisotopic (exact) mass is 466 g/mol. The van der Waals surface area contributed by atoms with E-state index in [1.807, 2.05) is 30.3 Å². The van der Waals surface area contributed by atoms with Crippen LogP contribution in [0.3, 0.4) is 0 Å². The minimum absolute atomic E-state index is 0.275. The lowest BCUT2D eigenvalue weighted by Gasteiger charge is -2.12. The van der Waals surface area contributed by atoms with E-state index in [9.17, 15) is 9.59 Å². The van der Waals surface area contributed by atoms with E-state index in [-0.39, 0.29) is 11.8 Å². The third-order valence-corrected chi connectivity index (χ3v) is 5.65. The Kier molecular flexibility index (Phi) is 5.81. The number of H-pyrrole nitrogens is 1. The van der Waals surface area contributed by atoms with E-state index >= 15 is 0 Å². The van der Waals surface area contributed by atoms with E-state index in [4.69, 9.17) is 11.6 Å². The molecule has 2 heterocycles. The maximum atomic E-state index is 12.9. The molecule has 0 saturated carbocycles. The van der Waals surface area contributed by atoms with Crippen LogP contribution in [0.4, 0.5) is 11.4 Å². The van der Waals surface area contributed by atoms with Crippen LogP contribution in [0.15, 0.2) is 97.3 Å². The summed E-state index contributed by atoms with van der Waals surface area (Å²) >= 11 is 6.04. The number of fused-ring (bicyclic) bond motifs is 1. The van der Waals surface area contributed by atoms with Gasteiger partial charge in [-0.1, -0.05) is 35.9 Å². The van der Waals surface area contributed by atoms with E-state index in [2.05, 4.69) is 20.6 Å². The second-order valence-corrected chi connectivity index (χ2v) is 8.12. The highest BCUT2D eigenvalue weighted by Crippen LogP contribution is 2.25. The van der Waals surface area contributed by atoms with Gasteiger partial charge in [-0.05, 0) is 71.8 Å². The molecule has 3 N–H and O–H groups in total. The fraction of sp³-hybridized carbons (Fsp3) is 0. The van der Waals surface area contributed by atoms with Gasteiger partial charge in [0.2, 0.25) is 0 Å². The highest BCUT2D eigenvalue weighted by atomic mass is 35.5. The van der Waals surface area contributed by atoms with Gasteiger partial charge in [0.05, 0.1) is 11.4 Å². The molecule has 0 aliphatic heterocycles. The summed E-state index contributed by atoms with van der Waals surface area (Å²) in [5.74, 6) is -0.598. The van der Waals surface area contributed by atoms with Gasteiger partial charge in [-0.25, -0.2) is 0 Å². The number of amides is 2. The van der Waals surface area contributed by atoms with Crippen LogP contribution in [0.5, 0.6) is 0 Å². The van der Waals surface area contributed by atoms with Crippen molar-refractivity contribution in [2.45, 2.75) is 0 Å². The first-order chi connectivity index (χ1) is 16.6. The van der Waals surface area contributed by atoms with Gasteiger partial charge in [0.1, 0.15) is 5.69 Å². The van der Waals surface area contributed by atoms with Crippen LogP contribution in [-0.4, -0.2) is 21.8 Å². The normalized spacial score (nSPS) is 10.7. The van der Waals surface area contributed by atoms with Crippen molar-refractivity contribution in [3.63, 3.8) is 0 Å². The van der Waals surface area contributed by atoms with Gasteiger partial charge in [0, 0.05) is 33.9 Å². The predicted molar refractivity (Wildman–Crippen MR) is 135 cm³/mol. The molecule has 0 saturated heterocycles. The first-order valence-corrected chi connectivity index (χ1v) is 10.9. The number of hydrogen-bond donors (Lipinski definition) is 3. The lowest BCUT2D eigenvalue weighted by atomic mass is 10.0. The summed E-state index contributed by atoms with van der Waals surface area (Å²) < 4.78 is 0. The Hall–Kier alpha value is -4.42. The lowest BCUT2D eigenvalue weighted by Crippen LogP contribution is -2.17. The van der Waals surface area contributed by atoms with Crippen molar-refractivity contribution in [1.82, 2.24) is 9.97 Å². The molecule has 0 bridgehead atoms. The summed E-state index contributed by atoms with van der Waals surface area (Å²) in [6, 6.07) is 25.3. The van der Waals surface area contributed by atoms with Gasteiger partial charge < -0.3 is 15.6 Å². The molecule has 0 unspecified atom stereocenters. The van der Waals surface area contributed by atoms with Crippen molar-refractivity contribution < 1.29 is 9.59 Å². The molecule has 7 heteroatoms. The minimum Gasteiger partial charge on any atom is -0.351 e. The number of carbonyl (C=O) groups is 2. The standard InChI is InChI=1S/C27H19ClN4O2/c28-21-9-10-22-20(15-21)16-25(30-22)27(34)32-24-4-2-1-3-23(24)31-26(33)19-7-5-17(6-8-19)18-11-13-29-14-12-18/h1-16,30H,(H,31,33)(H,32,34). The maximum absolute atomic E-state index is 12.9. The number of hydrogen-bond acceptors (Lipinski definition) is 3. The first kappa shape index (κ1) is 21.4. The maximum Gasteiger partial charge on any atom is 0.272 e. The third kappa shape index (κ3) is 4.53. The van der Waals surface area contributed by atoms with Crippen LogP contribution in [0.25, 0.3) is 22.0 Å². The molecule has 2 amide bonds. The van der Waals surface area contributed by atoms with E-state index in [1.54, 1.807) is 67.0 Å². The molecule has 0 aliphatic rings. The minimum atomic E-state index is -0.323. The van der Waals surface area contributed by atoms with Crippen molar-refractivity contribution in [3.8, 4) is 11.1 Å². The Morgan fingerprint density at radius 3 is 2.09 bits per heavy atom. The summed E-state index contributed by atoms with van der Waals surface area (Å²) in [5.41, 5.74) is 4.72. The highest BCUT2D eigenvalue weighted by molar-refractivity contribution is 6.31. The molecule has 0 aliphatic carbocycles. The summed E-state index contributed by atoms with van der Waals surface area (Å²) in [6.07, 6.45) is 3.46. The SMILES string of the molecule is O=C(Nc1ccccc1NC(=O)c1cc2cc(Cl)ccc2[nH]1)c1ccc(-c2ccncc2)cc1. The molecular formula is C27H19ClN4O2. The molecule has 166 valence electrons. The van der Waals surface area contributed by atoms with Crippen LogP contribution in [0.1, 0.15) is 20.8 Å². The number of aromatic amines is 1. The molecule has 34 heavy (non-hydrogen) atoms. The van der Waals surface area contributed by atoms with Crippen LogP contribution in [0.2, 0.25) is 5.02 Å². The number of nitrogens with zero attached hydrogens (tertiary/aromatic N) is 1. The molecule has 6 nitrogen and oxygen atoms in total. The Labute approximate surface area is 200 Å². The van der Waals surface area contributed by atoms with Gasteiger partial charge in [-0.15, -0.1) is 0 Å². The molecule has 5 aromatic rings. The predicted octanol–water partition coefficient (Wildman–Crippen LogP) is 6.39. The Morgan fingerprint density at radius 1 is 0.735 bits per heavy atom. The van der Waals surface area contributed by atoms with E-state index in [0.717, 1.165) is 22.0 Å². The van der Waals surface area contributed by atoms with Crippen molar-refractivity contribution >= 4 is 45.7 Å². The highest BCUT2D eigenvalue weighted by Gasteiger charge is 2.14. The zero-order chi connectivity index (χ0) is 23.5. The molecular weight excluding hydrogens is 448 g/mol. The number of rotatable bonds is 5. The molecule has 3 aromatic carbocycles. The average molecular weight is 467 g/mol.